The highest BCUT2D eigenvalue weighted by molar-refractivity contribution is 7.26. The maximum Gasteiger partial charge on any atom is 0.160 e. The fraction of sp³-hybridized carbons (Fsp3) is 0. The summed E-state index contributed by atoms with van der Waals surface area (Å²) in [4.78, 5) is 15.7. The minimum atomic E-state index is 0.693. The zero-order valence-electron chi connectivity index (χ0n) is 29.0. The first-order chi connectivity index (χ1) is 26.8. The molecule has 0 aliphatic carbocycles. The zero-order valence-corrected chi connectivity index (χ0v) is 29.8. The molecule has 0 N–H and O–H groups in total. The van der Waals surface area contributed by atoms with Crippen LogP contribution in [0.5, 0.6) is 0 Å². The molecule has 4 aromatic heterocycles. The normalized spacial score (nSPS) is 11.7. The van der Waals surface area contributed by atoms with Gasteiger partial charge in [-0.15, -0.1) is 11.3 Å². The van der Waals surface area contributed by atoms with Gasteiger partial charge in [-0.2, -0.15) is 0 Å². The van der Waals surface area contributed by atoms with Gasteiger partial charge in [0, 0.05) is 64.3 Å². The summed E-state index contributed by atoms with van der Waals surface area (Å²) in [6.07, 6.45) is 0. The standard InChI is InChI=1S/C49H30N4S/c1-3-14-31(15-4-1)47-46-39-29-34(26-27-45(39)54-48(46)38-22-7-10-23-40(38)50-47)42-30-41(51-49(52-42)32-16-5-2-6-17-32)33-18-13-19-35(28-33)53-43-24-11-8-20-36(43)37-21-9-12-25-44(37)53/h1-30H. The van der Waals surface area contributed by atoms with E-state index in [1.54, 1.807) is 0 Å². The van der Waals surface area contributed by atoms with Crippen LogP contribution >= 0.6 is 11.3 Å². The number of aromatic nitrogens is 4. The highest BCUT2D eigenvalue weighted by Gasteiger charge is 2.19. The van der Waals surface area contributed by atoms with E-state index in [9.17, 15) is 0 Å². The minimum Gasteiger partial charge on any atom is -0.309 e. The zero-order chi connectivity index (χ0) is 35.6. The predicted octanol–water partition coefficient (Wildman–Crippen LogP) is 13.2. The lowest BCUT2D eigenvalue weighted by molar-refractivity contribution is 1.16. The van der Waals surface area contributed by atoms with Crippen LogP contribution in [0.15, 0.2) is 182 Å². The van der Waals surface area contributed by atoms with Crippen molar-refractivity contribution in [1.29, 1.82) is 0 Å². The fourth-order valence-corrected chi connectivity index (χ4v) is 9.11. The fourth-order valence-electron chi connectivity index (χ4n) is 7.89. The molecule has 0 radical (unpaired) electrons. The van der Waals surface area contributed by atoms with Gasteiger partial charge in [-0.25, -0.2) is 15.0 Å². The molecule has 54 heavy (non-hydrogen) atoms. The second-order valence-electron chi connectivity index (χ2n) is 13.6. The molecule has 0 unspecified atom stereocenters. The summed E-state index contributed by atoms with van der Waals surface area (Å²) in [5.74, 6) is 0.693. The Kier molecular flexibility index (Phi) is 7.00. The van der Waals surface area contributed by atoms with Crippen molar-refractivity contribution < 1.29 is 0 Å². The second kappa shape index (κ2) is 12.3. The Hall–Kier alpha value is -6.95. The lowest BCUT2D eigenvalue weighted by Gasteiger charge is -2.12. The first-order valence-corrected chi connectivity index (χ1v) is 18.9. The van der Waals surface area contributed by atoms with Gasteiger partial charge in [0.1, 0.15) is 0 Å². The number of para-hydroxylation sites is 3. The monoisotopic (exact) mass is 706 g/mol. The van der Waals surface area contributed by atoms with Gasteiger partial charge in [-0.3, -0.25) is 0 Å². The van der Waals surface area contributed by atoms with Crippen LogP contribution in [0.3, 0.4) is 0 Å². The van der Waals surface area contributed by atoms with Crippen LogP contribution in [0.1, 0.15) is 0 Å². The molecule has 11 aromatic rings. The van der Waals surface area contributed by atoms with Crippen molar-refractivity contribution in [2.45, 2.75) is 0 Å². The van der Waals surface area contributed by atoms with Gasteiger partial charge in [0.05, 0.1) is 33.6 Å². The Morgan fingerprint density at radius 2 is 1.00 bits per heavy atom. The molecule has 0 spiro atoms. The maximum atomic E-state index is 5.25. The number of thiophene rings is 1. The van der Waals surface area contributed by atoms with Crippen LogP contribution in [-0.2, 0) is 0 Å². The lowest BCUT2D eigenvalue weighted by atomic mass is 10.00. The third kappa shape index (κ3) is 4.94. The highest BCUT2D eigenvalue weighted by Crippen LogP contribution is 2.44. The van der Waals surface area contributed by atoms with Crippen molar-refractivity contribution in [2.24, 2.45) is 0 Å². The maximum absolute atomic E-state index is 5.25. The topological polar surface area (TPSA) is 43.6 Å². The second-order valence-corrected chi connectivity index (χ2v) is 14.7. The van der Waals surface area contributed by atoms with E-state index in [4.69, 9.17) is 15.0 Å². The van der Waals surface area contributed by atoms with Crippen LogP contribution < -0.4 is 0 Å². The first kappa shape index (κ1) is 30.7. The molecule has 252 valence electrons. The number of benzene rings is 7. The Morgan fingerprint density at radius 1 is 0.407 bits per heavy atom. The molecule has 0 aliphatic heterocycles. The van der Waals surface area contributed by atoms with E-state index in [1.807, 2.05) is 29.5 Å². The quantitative estimate of drug-likeness (QED) is 0.179. The molecule has 0 aliphatic rings. The van der Waals surface area contributed by atoms with Gasteiger partial charge in [0.2, 0.25) is 0 Å². The molecule has 0 bridgehead atoms. The molecule has 7 aromatic carbocycles. The molecule has 0 saturated heterocycles. The number of hydrogen-bond acceptors (Lipinski definition) is 4. The summed E-state index contributed by atoms with van der Waals surface area (Å²) < 4.78 is 4.83. The van der Waals surface area contributed by atoms with Crippen molar-refractivity contribution in [3.8, 4) is 50.8 Å². The first-order valence-electron chi connectivity index (χ1n) is 18.1. The Morgan fingerprint density at radius 3 is 1.72 bits per heavy atom. The van der Waals surface area contributed by atoms with Gasteiger partial charge in [0.25, 0.3) is 0 Å². The summed E-state index contributed by atoms with van der Waals surface area (Å²) in [6.45, 7) is 0. The van der Waals surface area contributed by atoms with E-state index in [1.165, 1.54) is 47.4 Å². The van der Waals surface area contributed by atoms with Crippen LogP contribution in [-0.4, -0.2) is 19.5 Å². The van der Waals surface area contributed by atoms with Crippen molar-refractivity contribution in [1.82, 2.24) is 19.5 Å². The Balaban J connectivity index is 1.12. The van der Waals surface area contributed by atoms with E-state index < -0.39 is 0 Å². The Bertz CT molecular complexity index is 3160. The summed E-state index contributed by atoms with van der Waals surface area (Å²) in [5, 5.41) is 6.01. The van der Waals surface area contributed by atoms with Crippen molar-refractivity contribution in [3.05, 3.63) is 182 Å². The van der Waals surface area contributed by atoms with Crippen LogP contribution in [0.25, 0.3) is 104 Å². The highest BCUT2D eigenvalue weighted by atomic mass is 32.1. The Labute approximate surface area is 315 Å². The molecule has 5 heteroatoms. The van der Waals surface area contributed by atoms with E-state index in [-0.39, 0.29) is 0 Å². The van der Waals surface area contributed by atoms with E-state index >= 15 is 0 Å². The average molecular weight is 707 g/mol. The molecule has 0 fully saturated rings. The van der Waals surface area contributed by atoms with Gasteiger partial charge >= 0.3 is 0 Å². The van der Waals surface area contributed by atoms with Gasteiger partial charge in [-0.1, -0.05) is 133 Å². The molecular formula is C49H30N4S. The average Bonchev–Trinajstić information content (AvgIpc) is 3.80. The smallest absolute Gasteiger partial charge is 0.160 e. The number of nitrogens with zero attached hydrogens (tertiary/aromatic N) is 4. The van der Waals surface area contributed by atoms with Crippen molar-refractivity contribution >= 4 is 64.2 Å². The van der Waals surface area contributed by atoms with Gasteiger partial charge in [0.15, 0.2) is 5.82 Å². The minimum absolute atomic E-state index is 0.693. The molecule has 0 amide bonds. The van der Waals surface area contributed by atoms with Crippen molar-refractivity contribution in [2.75, 3.05) is 0 Å². The van der Waals surface area contributed by atoms with Crippen LogP contribution in [0.4, 0.5) is 0 Å². The van der Waals surface area contributed by atoms with Gasteiger partial charge in [-0.05, 0) is 48.5 Å². The van der Waals surface area contributed by atoms with Crippen LogP contribution in [0, 0.1) is 0 Å². The molecular weight excluding hydrogens is 677 g/mol. The number of fused-ring (bicyclic) bond motifs is 8. The lowest BCUT2D eigenvalue weighted by Crippen LogP contribution is -1.97. The van der Waals surface area contributed by atoms with Gasteiger partial charge < -0.3 is 4.57 Å². The summed E-state index contributed by atoms with van der Waals surface area (Å²) >= 11 is 1.83. The predicted molar refractivity (Wildman–Crippen MR) is 226 cm³/mol. The third-order valence-electron chi connectivity index (χ3n) is 10.4. The summed E-state index contributed by atoms with van der Waals surface area (Å²) in [7, 11) is 0. The molecule has 11 rings (SSSR count). The molecule has 0 saturated carbocycles. The molecule has 4 heterocycles. The largest absolute Gasteiger partial charge is 0.309 e. The van der Waals surface area contributed by atoms with E-state index in [0.29, 0.717) is 5.82 Å². The summed E-state index contributed by atoms with van der Waals surface area (Å²) in [5.41, 5.74) is 11.3. The molecule has 0 atom stereocenters. The van der Waals surface area contributed by atoms with E-state index in [0.717, 1.165) is 50.5 Å². The van der Waals surface area contributed by atoms with Crippen molar-refractivity contribution in [3.63, 3.8) is 0 Å². The molecule has 4 nitrogen and oxygen atoms in total. The number of pyridine rings is 1. The number of hydrogen-bond donors (Lipinski definition) is 0. The van der Waals surface area contributed by atoms with Crippen LogP contribution in [0.2, 0.25) is 0 Å². The third-order valence-corrected chi connectivity index (χ3v) is 11.6. The summed E-state index contributed by atoms with van der Waals surface area (Å²) in [6, 6.07) is 64.1. The SMILES string of the molecule is c1ccc(-c2nc(-c3cccc(-n4c5ccccc5c5ccccc54)c3)cc(-c3ccc4sc5c6ccccc6nc(-c6ccccc6)c5c4c3)n2)cc1. The number of rotatable bonds is 5. The van der Waals surface area contributed by atoms with E-state index in [2.05, 4.69) is 168 Å².